The molecule has 1 aliphatic rings. The van der Waals surface area contributed by atoms with Crippen LogP contribution < -0.4 is 4.74 Å². The number of likely N-dealkylation sites (tertiary alicyclic amines) is 1. The number of non-ortho nitro benzene ring substituents is 1. The number of hydrogen-bond acceptors (Lipinski definition) is 7. The van der Waals surface area contributed by atoms with Crippen LogP contribution in [0.25, 0.3) is 5.76 Å². The summed E-state index contributed by atoms with van der Waals surface area (Å²) in [4.78, 5) is 37.9. The summed E-state index contributed by atoms with van der Waals surface area (Å²) in [5.41, 5.74) is 1.09. The van der Waals surface area contributed by atoms with Crippen LogP contribution in [0.3, 0.4) is 0 Å². The summed E-state index contributed by atoms with van der Waals surface area (Å²) in [6, 6.07) is 9.70. The number of amides is 1. The topological polar surface area (TPSA) is 119 Å². The van der Waals surface area contributed by atoms with Gasteiger partial charge in [0.25, 0.3) is 17.4 Å². The smallest absolute Gasteiger partial charge is 0.295 e. The van der Waals surface area contributed by atoms with Crippen LogP contribution in [0.4, 0.5) is 5.69 Å². The molecule has 0 spiro atoms. The Morgan fingerprint density at radius 3 is 2.56 bits per heavy atom. The van der Waals surface area contributed by atoms with Gasteiger partial charge in [-0.3, -0.25) is 19.7 Å². The van der Waals surface area contributed by atoms with Crippen molar-refractivity contribution in [2.75, 3.05) is 27.4 Å². The fourth-order valence-corrected chi connectivity index (χ4v) is 3.82. The fraction of sp³-hybridized carbons (Fsp3) is 0.304. The summed E-state index contributed by atoms with van der Waals surface area (Å²) in [6.45, 7) is 2.29. The molecule has 1 amide bonds. The van der Waals surface area contributed by atoms with Crippen LogP contribution in [-0.4, -0.2) is 54.0 Å². The second kappa shape index (κ2) is 9.61. The van der Waals surface area contributed by atoms with Crippen molar-refractivity contribution < 1.29 is 29.1 Å². The molecule has 1 saturated heterocycles. The summed E-state index contributed by atoms with van der Waals surface area (Å²) < 4.78 is 10.2. The minimum absolute atomic E-state index is 0.110. The Balaban J connectivity index is 2.18. The minimum Gasteiger partial charge on any atom is -0.507 e. The van der Waals surface area contributed by atoms with Gasteiger partial charge >= 0.3 is 0 Å². The van der Waals surface area contributed by atoms with Gasteiger partial charge in [-0.15, -0.1) is 0 Å². The van der Waals surface area contributed by atoms with E-state index in [-0.39, 0.29) is 23.6 Å². The second-order valence-electron chi connectivity index (χ2n) is 7.37. The largest absolute Gasteiger partial charge is 0.507 e. The highest BCUT2D eigenvalue weighted by Gasteiger charge is 2.46. The zero-order chi connectivity index (χ0) is 23.4. The number of Topliss-reactive ketones (excluding diaryl/α,β-unsaturated/α-hetero) is 1. The van der Waals surface area contributed by atoms with Gasteiger partial charge in [-0.2, -0.15) is 0 Å². The number of benzene rings is 2. The number of carbonyl (C=O) groups is 2. The highest BCUT2D eigenvalue weighted by molar-refractivity contribution is 6.46. The van der Waals surface area contributed by atoms with Crippen LogP contribution in [0, 0.1) is 17.0 Å². The maximum Gasteiger partial charge on any atom is 0.295 e. The van der Waals surface area contributed by atoms with E-state index in [1.807, 2.05) is 0 Å². The third-order valence-electron chi connectivity index (χ3n) is 5.37. The van der Waals surface area contributed by atoms with Crippen molar-refractivity contribution in [2.45, 2.75) is 19.4 Å². The predicted octanol–water partition coefficient (Wildman–Crippen LogP) is 3.37. The number of nitro benzene ring substituents is 1. The molecular weight excluding hydrogens is 416 g/mol. The van der Waals surface area contributed by atoms with Crippen molar-refractivity contribution in [3.05, 3.63) is 74.8 Å². The molecule has 1 fully saturated rings. The summed E-state index contributed by atoms with van der Waals surface area (Å²) in [6.07, 6.45) is 0.455. The van der Waals surface area contributed by atoms with Crippen molar-refractivity contribution in [3.8, 4) is 5.75 Å². The van der Waals surface area contributed by atoms with Gasteiger partial charge in [-0.25, -0.2) is 0 Å². The molecule has 32 heavy (non-hydrogen) atoms. The zero-order valence-electron chi connectivity index (χ0n) is 18.0. The molecule has 3 rings (SSSR count). The third kappa shape index (κ3) is 4.33. The number of ether oxygens (including phenoxy) is 2. The Morgan fingerprint density at radius 2 is 1.94 bits per heavy atom. The standard InChI is InChI=1S/C23H24N2O7/c1-14-12-17(32-3)8-9-18(14)21(26)19-20(15-6-4-7-16(13-15)25(29)30)24(10-5-11-31-2)23(28)22(19)27/h4,6-9,12-13,20,26H,5,10-11H2,1-3H3/t20-/m1/s1. The van der Waals surface area contributed by atoms with Crippen molar-refractivity contribution in [1.29, 1.82) is 0 Å². The molecule has 2 aromatic carbocycles. The summed E-state index contributed by atoms with van der Waals surface area (Å²) in [5, 5.41) is 22.4. The average Bonchev–Trinajstić information content (AvgIpc) is 3.03. The van der Waals surface area contributed by atoms with E-state index in [9.17, 15) is 24.8 Å². The Bertz CT molecular complexity index is 1090. The lowest BCUT2D eigenvalue weighted by molar-refractivity contribution is -0.384. The normalized spacial score (nSPS) is 17.6. The number of aryl methyl sites for hydroxylation is 1. The SMILES string of the molecule is COCCCN1C(=O)C(=O)C(=C(O)c2ccc(OC)cc2C)[C@H]1c1cccc([N+](=O)[O-])c1. The van der Waals surface area contributed by atoms with Crippen molar-refractivity contribution >= 4 is 23.1 Å². The maximum atomic E-state index is 13.0. The van der Waals surface area contributed by atoms with E-state index in [1.165, 1.54) is 37.3 Å². The lowest BCUT2D eigenvalue weighted by Crippen LogP contribution is -2.31. The van der Waals surface area contributed by atoms with E-state index in [4.69, 9.17) is 9.47 Å². The zero-order valence-corrected chi connectivity index (χ0v) is 18.0. The van der Waals surface area contributed by atoms with E-state index < -0.39 is 22.7 Å². The van der Waals surface area contributed by atoms with E-state index >= 15 is 0 Å². The number of aliphatic hydroxyl groups is 1. The first-order valence-corrected chi connectivity index (χ1v) is 9.96. The van der Waals surface area contributed by atoms with Crippen LogP contribution in [-0.2, 0) is 14.3 Å². The van der Waals surface area contributed by atoms with Gasteiger partial charge in [0.05, 0.1) is 23.6 Å². The molecule has 2 aromatic rings. The molecule has 1 heterocycles. The molecule has 0 saturated carbocycles. The van der Waals surface area contributed by atoms with Crippen LogP contribution in [0.15, 0.2) is 48.0 Å². The maximum absolute atomic E-state index is 13.0. The third-order valence-corrected chi connectivity index (χ3v) is 5.37. The first kappa shape index (κ1) is 23.0. The van der Waals surface area contributed by atoms with Crippen LogP contribution in [0.1, 0.15) is 29.2 Å². The number of hydrogen-bond donors (Lipinski definition) is 1. The summed E-state index contributed by atoms with van der Waals surface area (Å²) >= 11 is 0. The van der Waals surface area contributed by atoms with Gasteiger partial charge in [0.1, 0.15) is 11.5 Å². The van der Waals surface area contributed by atoms with Crippen LogP contribution >= 0.6 is 0 Å². The average molecular weight is 440 g/mol. The lowest BCUT2D eigenvalue weighted by Gasteiger charge is -2.25. The second-order valence-corrected chi connectivity index (χ2v) is 7.37. The Labute approximate surface area is 185 Å². The molecule has 1 atom stereocenters. The first-order chi connectivity index (χ1) is 15.3. The number of carbonyl (C=O) groups excluding carboxylic acids is 2. The van der Waals surface area contributed by atoms with Crippen LogP contribution in [0.5, 0.6) is 5.75 Å². The lowest BCUT2D eigenvalue weighted by atomic mass is 9.93. The van der Waals surface area contributed by atoms with Crippen molar-refractivity contribution in [3.63, 3.8) is 0 Å². The Morgan fingerprint density at radius 1 is 1.19 bits per heavy atom. The van der Waals surface area contributed by atoms with E-state index in [1.54, 1.807) is 31.2 Å². The van der Waals surface area contributed by atoms with Crippen molar-refractivity contribution in [1.82, 2.24) is 4.90 Å². The number of methoxy groups -OCH3 is 2. The molecule has 9 heteroatoms. The highest BCUT2D eigenvalue weighted by Crippen LogP contribution is 2.41. The molecule has 0 radical (unpaired) electrons. The molecule has 0 bridgehead atoms. The molecule has 1 N–H and O–H groups in total. The van der Waals surface area contributed by atoms with Gasteiger partial charge in [0.2, 0.25) is 0 Å². The highest BCUT2D eigenvalue weighted by atomic mass is 16.6. The van der Waals surface area contributed by atoms with Crippen molar-refractivity contribution in [2.24, 2.45) is 0 Å². The van der Waals surface area contributed by atoms with Gasteiger partial charge in [0, 0.05) is 38.0 Å². The van der Waals surface area contributed by atoms with E-state index in [0.717, 1.165) is 0 Å². The molecule has 0 aliphatic carbocycles. The number of rotatable bonds is 8. The number of nitro groups is 1. The minimum atomic E-state index is -0.965. The fourth-order valence-electron chi connectivity index (χ4n) is 3.82. The Hall–Kier alpha value is -3.72. The summed E-state index contributed by atoms with van der Waals surface area (Å²) in [7, 11) is 3.04. The monoisotopic (exact) mass is 440 g/mol. The Kier molecular flexibility index (Phi) is 6.89. The van der Waals surface area contributed by atoms with E-state index in [2.05, 4.69) is 0 Å². The van der Waals surface area contributed by atoms with Gasteiger partial charge in [0.15, 0.2) is 0 Å². The summed E-state index contributed by atoms with van der Waals surface area (Å²) in [5.74, 6) is -1.37. The molecule has 0 aromatic heterocycles. The predicted molar refractivity (Wildman–Crippen MR) is 116 cm³/mol. The molecule has 168 valence electrons. The number of ketones is 1. The molecule has 9 nitrogen and oxygen atoms in total. The number of aliphatic hydroxyl groups excluding tert-OH is 1. The van der Waals surface area contributed by atoms with E-state index in [0.29, 0.717) is 35.5 Å². The first-order valence-electron chi connectivity index (χ1n) is 9.96. The molecular formula is C23H24N2O7. The molecule has 1 aliphatic heterocycles. The van der Waals surface area contributed by atoms with Crippen LogP contribution in [0.2, 0.25) is 0 Å². The quantitative estimate of drug-likeness (QED) is 0.167. The van der Waals surface area contributed by atoms with Gasteiger partial charge < -0.3 is 19.5 Å². The van der Waals surface area contributed by atoms with Gasteiger partial charge in [-0.05, 0) is 42.7 Å². The number of nitrogens with zero attached hydrogens (tertiary/aromatic N) is 2. The van der Waals surface area contributed by atoms with Gasteiger partial charge in [-0.1, -0.05) is 12.1 Å². The molecule has 0 unspecified atom stereocenters.